The van der Waals surface area contributed by atoms with Gasteiger partial charge in [-0.3, -0.25) is 9.59 Å². The minimum atomic E-state index is -0.845. The van der Waals surface area contributed by atoms with Crippen molar-refractivity contribution >= 4 is 11.9 Å². The number of aliphatic hydroxyl groups excluding tert-OH is 2. The van der Waals surface area contributed by atoms with Gasteiger partial charge in [0.1, 0.15) is 0 Å². The summed E-state index contributed by atoms with van der Waals surface area (Å²) in [6.07, 6.45) is 100. The molecule has 0 aromatic carbocycles. The van der Waals surface area contributed by atoms with Crippen molar-refractivity contribution in [2.75, 3.05) is 13.2 Å². The molecule has 0 aliphatic rings. The highest BCUT2D eigenvalue weighted by molar-refractivity contribution is 5.76. The Hall–Kier alpha value is -2.44. The third-order valence-electron chi connectivity index (χ3n) is 17.8. The van der Waals surface area contributed by atoms with Gasteiger partial charge in [0, 0.05) is 12.8 Å². The van der Waals surface area contributed by atoms with Gasteiger partial charge in [0.05, 0.1) is 25.4 Å². The summed E-state index contributed by atoms with van der Waals surface area (Å²) in [5.41, 5.74) is 0. The van der Waals surface area contributed by atoms with E-state index in [0.29, 0.717) is 19.4 Å². The highest BCUT2D eigenvalue weighted by Crippen LogP contribution is 2.19. The summed E-state index contributed by atoms with van der Waals surface area (Å²) in [5.74, 6) is -0.0567. The predicted octanol–water partition coefficient (Wildman–Crippen LogP) is 25.4. The number of unbranched alkanes of at least 4 members (excludes halogenated alkanes) is 53. The van der Waals surface area contributed by atoms with Crippen molar-refractivity contribution in [3.8, 4) is 0 Å². The molecule has 0 spiro atoms. The molecule has 2 unspecified atom stereocenters. The largest absolute Gasteiger partial charge is 0.466 e. The third kappa shape index (κ3) is 70.6. The number of aliphatic hydroxyl groups is 2. The Morgan fingerprint density at radius 2 is 0.581 bits per heavy atom. The average Bonchev–Trinajstić information content (AvgIpc) is 3.55. The van der Waals surface area contributed by atoms with E-state index >= 15 is 0 Å². The molecule has 504 valence electrons. The molecular weight excluding hydrogens is 1050 g/mol. The topological polar surface area (TPSA) is 95.9 Å². The zero-order valence-corrected chi connectivity index (χ0v) is 57.8. The molecule has 86 heavy (non-hydrogen) atoms. The van der Waals surface area contributed by atoms with Crippen molar-refractivity contribution in [1.29, 1.82) is 0 Å². The molecule has 0 rings (SSSR count). The van der Waals surface area contributed by atoms with Gasteiger partial charge in [-0.2, -0.15) is 0 Å². The van der Waals surface area contributed by atoms with Gasteiger partial charge in [0.15, 0.2) is 0 Å². The van der Waals surface area contributed by atoms with Crippen LogP contribution in [0, 0.1) is 0 Å². The van der Waals surface area contributed by atoms with Crippen LogP contribution in [0.4, 0.5) is 0 Å². The first-order valence-electron chi connectivity index (χ1n) is 38.6. The Bertz CT molecular complexity index is 1480. The first-order chi connectivity index (χ1) is 42.5. The molecule has 0 saturated heterocycles. The van der Waals surface area contributed by atoms with Gasteiger partial charge in [-0.1, -0.05) is 364 Å². The molecule has 6 heteroatoms. The maximum atomic E-state index is 12.5. The maximum Gasteiger partial charge on any atom is 0.305 e. The standard InChI is InChI=1S/C80H149NO5/c1-3-5-7-9-11-13-15-17-19-21-37-41-44-48-52-56-60-64-68-72-78(83)77(76-82)81-79(84)73-69-65-61-57-53-49-45-42-38-35-33-31-29-27-25-23-22-24-26-28-30-32-34-36-39-43-47-51-55-59-63-67-71-75-86-80(85)74-70-66-62-58-54-50-46-40-20-18-16-14-12-10-8-6-4-2/h12,14,18,20,26,28,32,34,68,72,77-78,82-83H,3-11,13,15-17,19,21-25,27,29-31,33,35-67,69-71,73-76H2,1-2H3,(H,81,84)/b14-12-,20-18-,28-26-,34-32-,72-68+. The van der Waals surface area contributed by atoms with Crippen LogP contribution in [0.1, 0.15) is 412 Å². The van der Waals surface area contributed by atoms with Crippen LogP contribution in [0.3, 0.4) is 0 Å². The van der Waals surface area contributed by atoms with Gasteiger partial charge in [0.25, 0.3) is 0 Å². The molecule has 0 aromatic heterocycles. The summed E-state index contributed by atoms with van der Waals surface area (Å²) in [7, 11) is 0. The van der Waals surface area contributed by atoms with E-state index in [9.17, 15) is 19.8 Å². The second kappa shape index (κ2) is 75.0. The van der Waals surface area contributed by atoms with Gasteiger partial charge in [-0.05, 0) is 96.3 Å². The van der Waals surface area contributed by atoms with E-state index in [4.69, 9.17) is 4.74 Å². The second-order valence-corrected chi connectivity index (χ2v) is 26.3. The first kappa shape index (κ1) is 83.6. The van der Waals surface area contributed by atoms with E-state index in [1.54, 1.807) is 6.08 Å². The highest BCUT2D eigenvalue weighted by Gasteiger charge is 2.18. The van der Waals surface area contributed by atoms with Crippen LogP contribution in [-0.2, 0) is 14.3 Å². The van der Waals surface area contributed by atoms with E-state index in [1.807, 2.05) is 6.08 Å². The Balaban J connectivity index is 3.40. The molecule has 0 fully saturated rings. The van der Waals surface area contributed by atoms with Crippen LogP contribution >= 0.6 is 0 Å². The molecule has 0 aliphatic heterocycles. The molecule has 2 atom stereocenters. The van der Waals surface area contributed by atoms with Crippen molar-refractivity contribution < 1.29 is 24.5 Å². The average molecular weight is 1210 g/mol. The number of ether oxygens (including phenoxy) is 1. The van der Waals surface area contributed by atoms with E-state index in [0.717, 1.165) is 57.8 Å². The van der Waals surface area contributed by atoms with Gasteiger partial charge >= 0.3 is 5.97 Å². The number of allylic oxidation sites excluding steroid dienone is 9. The van der Waals surface area contributed by atoms with Crippen LogP contribution in [0.2, 0.25) is 0 Å². The normalized spacial score (nSPS) is 12.8. The lowest BCUT2D eigenvalue weighted by molar-refractivity contribution is -0.143. The molecule has 0 aliphatic carbocycles. The minimum Gasteiger partial charge on any atom is -0.466 e. The molecular formula is C80H149NO5. The molecule has 0 radical (unpaired) electrons. The number of carbonyl (C=O) groups is 2. The Morgan fingerprint density at radius 1 is 0.326 bits per heavy atom. The number of hydrogen-bond donors (Lipinski definition) is 3. The van der Waals surface area contributed by atoms with Crippen molar-refractivity contribution in [3.63, 3.8) is 0 Å². The van der Waals surface area contributed by atoms with Crippen LogP contribution in [0.15, 0.2) is 60.8 Å². The fraction of sp³-hybridized carbons (Fsp3) is 0.850. The number of hydrogen-bond acceptors (Lipinski definition) is 5. The molecule has 1 amide bonds. The SMILES string of the molecule is CCCCC/C=C\C/C=C\CCCCCCCCCC(=O)OCCCCCCCCCCC/C=C\C/C=C\CCCCCCCCCCCCCCCCCCCC(=O)NC(CO)C(O)/C=C/CCCCCCCCCCCCCCCCCCC. The number of carbonyl (C=O) groups excluding carboxylic acids is 2. The summed E-state index contributed by atoms with van der Waals surface area (Å²) < 4.78 is 5.50. The predicted molar refractivity (Wildman–Crippen MR) is 379 cm³/mol. The van der Waals surface area contributed by atoms with Crippen molar-refractivity contribution in [2.24, 2.45) is 0 Å². The van der Waals surface area contributed by atoms with E-state index in [1.165, 1.54) is 327 Å². The Labute approximate surface area is 537 Å². The van der Waals surface area contributed by atoms with Crippen molar-refractivity contribution in [3.05, 3.63) is 60.8 Å². The van der Waals surface area contributed by atoms with E-state index < -0.39 is 12.1 Å². The molecule has 3 N–H and O–H groups in total. The fourth-order valence-corrected chi connectivity index (χ4v) is 11.9. The molecule has 0 aromatic rings. The van der Waals surface area contributed by atoms with E-state index in [2.05, 4.69) is 67.8 Å². The van der Waals surface area contributed by atoms with Gasteiger partial charge in [-0.15, -0.1) is 0 Å². The first-order valence-corrected chi connectivity index (χ1v) is 38.6. The lowest BCUT2D eigenvalue weighted by atomic mass is 10.0. The second-order valence-electron chi connectivity index (χ2n) is 26.3. The third-order valence-corrected chi connectivity index (χ3v) is 17.8. The summed E-state index contributed by atoms with van der Waals surface area (Å²) in [6, 6.07) is -0.628. The quantitative estimate of drug-likeness (QED) is 0.0320. The van der Waals surface area contributed by atoms with Gasteiger partial charge in [-0.25, -0.2) is 0 Å². The van der Waals surface area contributed by atoms with Crippen LogP contribution in [0.5, 0.6) is 0 Å². The monoisotopic (exact) mass is 1200 g/mol. The molecule has 0 bridgehead atoms. The van der Waals surface area contributed by atoms with Crippen LogP contribution < -0.4 is 5.32 Å². The lowest BCUT2D eigenvalue weighted by Crippen LogP contribution is -2.45. The zero-order chi connectivity index (χ0) is 62.0. The number of amides is 1. The van der Waals surface area contributed by atoms with Gasteiger partial charge in [0.2, 0.25) is 5.91 Å². The smallest absolute Gasteiger partial charge is 0.305 e. The fourth-order valence-electron chi connectivity index (χ4n) is 11.9. The van der Waals surface area contributed by atoms with E-state index in [-0.39, 0.29) is 18.5 Å². The molecule has 6 nitrogen and oxygen atoms in total. The number of nitrogens with one attached hydrogen (secondary N) is 1. The maximum absolute atomic E-state index is 12.5. The highest BCUT2D eigenvalue weighted by atomic mass is 16.5. The lowest BCUT2D eigenvalue weighted by Gasteiger charge is -2.20. The summed E-state index contributed by atoms with van der Waals surface area (Å²) in [5, 5.41) is 23.3. The number of rotatable bonds is 72. The van der Waals surface area contributed by atoms with Crippen LogP contribution in [-0.4, -0.2) is 47.4 Å². The number of esters is 1. The summed E-state index contributed by atoms with van der Waals surface area (Å²) >= 11 is 0. The Morgan fingerprint density at radius 3 is 0.907 bits per heavy atom. The minimum absolute atomic E-state index is 0.00627. The summed E-state index contributed by atoms with van der Waals surface area (Å²) in [4.78, 5) is 24.6. The van der Waals surface area contributed by atoms with Crippen LogP contribution in [0.25, 0.3) is 0 Å². The van der Waals surface area contributed by atoms with Crippen molar-refractivity contribution in [2.45, 2.75) is 424 Å². The molecule has 0 saturated carbocycles. The zero-order valence-electron chi connectivity index (χ0n) is 57.8. The Kier molecular flexibility index (Phi) is 72.9. The van der Waals surface area contributed by atoms with Gasteiger partial charge < -0.3 is 20.3 Å². The molecule has 0 heterocycles. The summed E-state index contributed by atoms with van der Waals surface area (Å²) in [6.45, 7) is 4.91. The van der Waals surface area contributed by atoms with Crippen molar-refractivity contribution in [1.82, 2.24) is 5.32 Å².